The lowest BCUT2D eigenvalue weighted by Gasteiger charge is -2.28. The van der Waals surface area contributed by atoms with E-state index in [9.17, 15) is 9.59 Å². The topological polar surface area (TPSA) is 102 Å². The highest BCUT2D eigenvalue weighted by Gasteiger charge is 2.32. The summed E-state index contributed by atoms with van der Waals surface area (Å²) in [6.07, 6.45) is 7.61. The van der Waals surface area contributed by atoms with Gasteiger partial charge in [0.2, 0.25) is 11.8 Å². The molecule has 8 heteroatoms. The van der Waals surface area contributed by atoms with Crippen LogP contribution in [0.15, 0.2) is 18.6 Å². The second kappa shape index (κ2) is 7.57. The maximum absolute atomic E-state index is 12.8. The lowest BCUT2D eigenvalue weighted by molar-refractivity contribution is -0.123. The van der Waals surface area contributed by atoms with Gasteiger partial charge < -0.3 is 10.6 Å². The first kappa shape index (κ1) is 19.5. The fraction of sp³-hybridized carbons (Fsp3) is 0.571. The van der Waals surface area contributed by atoms with Crippen LogP contribution in [0, 0.1) is 11.3 Å². The number of aromatic nitrogens is 4. The van der Waals surface area contributed by atoms with Crippen LogP contribution in [0.5, 0.6) is 0 Å². The zero-order chi connectivity index (χ0) is 20.6. The van der Waals surface area contributed by atoms with Crippen LogP contribution in [0.25, 0.3) is 11.3 Å². The van der Waals surface area contributed by atoms with Crippen molar-refractivity contribution in [1.29, 1.82) is 0 Å². The van der Waals surface area contributed by atoms with Gasteiger partial charge in [0.1, 0.15) is 12.1 Å². The zero-order valence-corrected chi connectivity index (χ0v) is 17.2. The molecule has 1 fully saturated rings. The molecule has 0 bridgehead atoms. The van der Waals surface area contributed by atoms with E-state index in [-0.39, 0.29) is 29.2 Å². The average Bonchev–Trinajstić information content (AvgIpc) is 3.16. The Morgan fingerprint density at radius 1 is 1.24 bits per heavy atom. The van der Waals surface area contributed by atoms with Gasteiger partial charge in [-0.05, 0) is 31.1 Å². The first-order valence-corrected chi connectivity index (χ1v) is 10.3. The Morgan fingerprint density at radius 2 is 2.07 bits per heavy atom. The molecule has 2 atom stereocenters. The first-order chi connectivity index (χ1) is 13.8. The molecule has 2 N–H and O–H groups in total. The van der Waals surface area contributed by atoms with Crippen molar-refractivity contribution in [2.24, 2.45) is 11.3 Å². The second-order valence-corrected chi connectivity index (χ2v) is 9.04. The predicted molar refractivity (Wildman–Crippen MR) is 109 cm³/mol. The Balaban J connectivity index is 1.46. The molecule has 0 radical (unpaired) electrons. The highest BCUT2D eigenvalue weighted by atomic mass is 16.2. The third-order valence-electron chi connectivity index (χ3n) is 5.82. The number of nitrogens with zero attached hydrogens (tertiary/aromatic N) is 4. The van der Waals surface area contributed by atoms with Gasteiger partial charge in [-0.2, -0.15) is 5.10 Å². The van der Waals surface area contributed by atoms with E-state index in [1.807, 2.05) is 16.9 Å². The Morgan fingerprint density at radius 3 is 2.86 bits per heavy atom. The summed E-state index contributed by atoms with van der Waals surface area (Å²) in [5.74, 6) is 0.276. The molecule has 3 heterocycles. The summed E-state index contributed by atoms with van der Waals surface area (Å²) in [6, 6.07) is 1.88. The summed E-state index contributed by atoms with van der Waals surface area (Å²) < 4.78 is 2.04. The molecule has 0 spiro atoms. The van der Waals surface area contributed by atoms with Crippen LogP contribution in [0.1, 0.15) is 52.1 Å². The molecular weight excluding hydrogens is 368 g/mol. The highest BCUT2D eigenvalue weighted by molar-refractivity contribution is 5.92. The number of rotatable bonds is 4. The van der Waals surface area contributed by atoms with Gasteiger partial charge in [-0.25, -0.2) is 9.97 Å². The SMILES string of the molecule is CC(=O)N[C@@H]1CCC[C@H](C(=O)Nc2cc(-c3cnn4c3CC(C)(C)C4)ncn2)C1. The lowest BCUT2D eigenvalue weighted by atomic mass is 9.85. The quantitative estimate of drug-likeness (QED) is 0.827. The standard InChI is InChI=1S/C21H28N6O2/c1-13(28)25-15-6-4-5-14(7-15)20(29)26-19-8-17(22-12-23-19)16-10-24-27-11-21(2,3)9-18(16)27/h8,10,12,14-15H,4-7,9,11H2,1-3H3,(H,25,28)(H,22,23,26,29)/t14-,15+/m0/s1. The minimum atomic E-state index is -0.125. The number of anilines is 1. The summed E-state index contributed by atoms with van der Waals surface area (Å²) in [5.41, 5.74) is 3.13. The molecule has 4 rings (SSSR count). The smallest absolute Gasteiger partial charge is 0.228 e. The molecule has 1 aliphatic carbocycles. The van der Waals surface area contributed by atoms with Crippen molar-refractivity contribution in [2.75, 3.05) is 5.32 Å². The molecule has 1 aliphatic heterocycles. The second-order valence-electron chi connectivity index (χ2n) is 9.04. The van der Waals surface area contributed by atoms with Crippen molar-refractivity contribution in [2.45, 2.75) is 65.5 Å². The molecule has 0 unspecified atom stereocenters. The minimum Gasteiger partial charge on any atom is -0.354 e. The van der Waals surface area contributed by atoms with Crippen molar-refractivity contribution in [3.8, 4) is 11.3 Å². The van der Waals surface area contributed by atoms with E-state index < -0.39 is 0 Å². The number of carbonyl (C=O) groups excluding carboxylic acids is 2. The number of nitrogens with one attached hydrogen (secondary N) is 2. The van der Waals surface area contributed by atoms with Crippen molar-refractivity contribution in [3.05, 3.63) is 24.3 Å². The van der Waals surface area contributed by atoms with Gasteiger partial charge in [-0.1, -0.05) is 20.3 Å². The average molecular weight is 396 g/mol. The van der Waals surface area contributed by atoms with Gasteiger partial charge >= 0.3 is 0 Å². The molecule has 2 aromatic heterocycles. The van der Waals surface area contributed by atoms with E-state index in [0.29, 0.717) is 12.2 Å². The summed E-state index contributed by atoms with van der Waals surface area (Å²) in [6.45, 7) is 6.87. The molecule has 2 aromatic rings. The Hall–Kier alpha value is -2.77. The molecule has 1 saturated carbocycles. The summed E-state index contributed by atoms with van der Waals surface area (Å²) in [4.78, 5) is 32.7. The number of amides is 2. The third-order valence-corrected chi connectivity index (χ3v) is 5.82. The van der Waals surface area contributed by atoms with E-state index in [2.05, 4.69) is 39.5 Å². The van der Waals surface area contributed by atoms with Crippen LogP contribution in [0.3, 0.4) is 0 Å². The highest BCUT2D eigenvalue weighted by Crippen LogP contribution is 2.36. The van der Waals surface area contributed by atoms with Crippen LogP contribution in [0.4, 0.5) is 5.82 Å². The molecule has 154 valence electrons. The molecular formula is C21H28N6O2. The molecule has 2 amide bonds. The Kier molecular flexibility index (Phi) is 5.10. The van der Waals surface area contributed by atoms with Gasteiger partial charge in [0.25, 0.3) is 0 Å². The van der Waals surface area contributed by atoms with Gasteiger partial charge in [-0.15, -0.1) is 0 Å². The van der Waals surface area contributed by atoms with Crippen LogP contribution in [0.2, 0.25) is 0 Å². The van der Waals surface area contributed by atoms with E-state index >= 15 is 0 Å². The van der Waals surface area contributed by atoms with E-state index in [0.717, 1.165) is 43.5 Å². The molecule has 8 nitrogen and oxygen atoms in total. The van der Waals surface area contributed by atoms with Gasteiger partial charge in [0.15, 0.2) is 0 Å². The van der Waals surface area contributed by atoms with Crippen LogP contribution >= 0.6 is 0 Å². The zero-order valence-electron chi connectivity index (χ0n) is 17.2. The van der Waals surface area contributed by atoms with Crippen molar-refractivity contribution < 1.29 is 9.59 Å². The number of hydrogen-bond donors (Lipinski definition) is 2. The number of fused-ring (bicyclic) bond motifs is 1. The summed E-state index contributed by atoms with van der Waals surface area (Å²) >= 11 is 0. The molecule has 2 aliphatic rings. The van der Waals surface area contributed by atoms with Gasteiger partial charge in [-0.3, -0.25) is 14.3 Å². The van der Waals surface area contributed by atoms with E-state index in [1.165, 1.54) is 18.9 Å². The fourth-order valence-corrected chi connectivity index (χ4v) is 4.51. The summed E-state index contributed by atoms with van der Waals surface area (Å²) in [5, 5.41) is 10.4. The minimum absolute atomic E-state index is 0.0478. The van der Waals surface area contributed by atoms with Gasteiger partial charge in [0.05, 0.1) is 11.9 Å². The fourth-order valence-electron chi connectivity index (χ4n) is 4.51. The number of hydrogen-bond acceptors (Lipinski definition) is 5. The van der Waals surface area contributed by atoms with Crippen molar-refractivity contribution >= 4 is 17.6 Å². The maximum Gasteiger partial charge on any atom is 0.228 e. The molecule has 29 heavy (non-hydrogen) atoms. The monoisotopic (exact) mass is 396 g/mol. The third kappa shape index (κ3) is 4.31. The largest absolute Gasteiger partial charge is 0.354 e. The predicted octanol–water partition coefficient (Wildman–Crippen LogP) is 2.56. The number of carbonyl (C=O) groups is 2. The van der Waals surface area contributed by atoms with Crippen LogP contribution < -0.4 is 10.6 Å². The Bertz CT molecular complexity index is 935. The Labute approximate surface area is 170 Å². The normalized spacial score (nSPS) is 22.7. The van der Waals surface area contributed by atoms with E-state index in [1.54, 1.807) is 0 Å². The van der Waals surface area contributed by atoms with E-state index in [4.69, 9.17) is 0 Å². The van der Waals surface area contributed by atoms with Crippen LogP contribution in [-0.4, -0.2) is 37.6 Å². The molecule has 0 aromatic carbocycles. The van der Waals surface area contributed by atoms with Crippen molar-refractivity contribution in [1.82, 2.24) is 25.1 Å². The maximum atomic E-state index is 12.8. The van der Waals surface area contributed by atoms with Crippen molar-refractivity contribution in [3.63, 3.8) is 0 Å². The summed E-state index contributed by atoms with van der Waals surface area (Å²) in [7, 11) is 0. The first-order valence-electron chi connectivity index (χ1n) is 10.3. The lowest BCUT2D eigenvalue weighted by Crippen LogP contribution is -2.40. The molecule has 0 saturated heterocycles. The van der Waals surface area contributed by atoms with Gasteiger partial charge in [0, 0.05) is 42.8 Å². The van der Waals surface area contributed by atoms with Crippen LogP contribution in [-0.2, 0) is 22.6 Å².